The molecule has 0 atom stereocenters. The van der Waals surface area contributed by atoms with Gasteiger partial charge in [-0.3, -0.25) is 0 Å². The minimum Gasteiger partial charge on any atom is -0.379 e. The van der Waals surface area contributed by atoms with Crippen molar-refractivity contribution in [1.29, 1.82) is 0 Å². The van der Waals surface area contributed by atoms with Crippen LogP contribution in [0.25, 0.3) is 0 Å². The quantitative estimate of drug-likeness (QED) is 0.807. The number of halogens is 3. The van der Waals surface area contributed by atoms with Crippen LogP contribution >= 0.6 is 0 Å². The summed E-state index contributed by atoms with van der Waals surface area (Å²) in [5.41, 5.74) is 4.35. The van der Waals surface area contributed by atoms with Gasteiger partial charge >= 0.3 is 0 Å². The van der Waals surface area contributed by atoms with Gasteiger partial charge in [0, 0.05) is 18.7 Å². The highest BCUT2D eigenvalue weighted by molar-refractivity contribution is 5.47. The van der Waals surface area contributed by atoms with Crippen molar-refractivity contribution in [2.75, 3.05) is 5.32 Å². The molecule has 2 aromatic rings. The maximum Gasteiger partial charge on any atom is 0.161 e. The minimum absolute atomic E-state index is 0.0403. The lowest BCUT2D eigenvalue weighted by Gasteiger charge is -2.12. The highest BCUT2D eigenvalue weighted by Gasteiger charge is 2.10. The molecule has 0 spiro atoms. The Morgan fingerprint density at radius 1 is 0.750 bits per heavy atom. The predicted octanol–water partition coefficient (Wildman–Crippen LogP) is 4.64. The van der Waals surface area contributed by atoms with E-state index in [1.165, 1.54) is 5.56 Å². The molecule has 2 aromatic carbocycles. The SMILES string of the molecule is Cc1cc(C)c(CNc2cc(F)c(F)cc2F)cc1C. The van der Waals surface area contributed by atoms with Crippen LogP contribution in [0.5, 0.6) is 0 Å². The zero-order valence-corrected chi connectivity index (χ0v) is 11.7. The van der Waals surface area contributed by atoms with Gasteiger partial charge in [-0.2, -0.15) is 0 Å². The first-order valence-corrected chi connectivity index (χ1v) is 6.33. The van der Waals surface area contributed by atoms with E-state index < -0.39 is 17.5 Å². The molecule has 0 amide bonds. The molecule has 2 rings (SSSR count). The molecule has 0 fully saturated rings. The Morgan fingerprint density at radius 3 is 2.05 bits per heavy atom. The van der Waals surface area contributed by atoms with Crippen LogP contribution in [0.15, 0.2) is 24.3 Å². The van der Waals surface area contributed by atoms with Crippen molar-refractivity contribution in [2.24, 2.45) is 0 Å². The molecule has 106 valence electrons. The summed E-state index contributed by atoms with van der Waals surface area (Å²) in [5, 5.41) is 2.80. The fourth-order valence-electron chi connectivity index (χ4n) is 2.06. The molecule has 0 aromatic heterocycles. The van der Waals surface area contributed by atoms with Crippen molar-refractivity contribution in [2.45, 2.75) is 27.3 Å². The van der Waals surface area contributed by atoms with Gasteiger partial charge in [-0.1, -0.05) is 12.1 Å². The first-order chi connectivity index (χ1) is 9.38. The number of hydrogen-bond acceptors (Lipinski definition) is 1. The number of aryl methyl sites for hydroxylation is 3. The van der Waals surface area contributed by atoms with Gasteiger partial charge in [0.25, 0.3) is 0 Å². The van der Waals surface area contributed by atoms with E-state index in [0.29, 0.717) is 12.6 Å². The van der Waals surface area contributed by atoms with E-state index in [1.807, 2.05) is 32.9 Å². The van der Waals surface area contributed by atoms with Crippen molar-refractivity contribution in [1.82, 2.24) is 0 Å². The number of rotatable bonds is 3. The van der Waals surface area contributed by atoms with Gasteiger partial charge in [-0.15, -0.1) is 0 Å². The lowest BCUT2D eigenvalue weighted by Crippen LogP contribution is -2.05. The first kappa shape index (κ1) is 14.4. The van der Waals surface area contributed by atoms with E-state index in [2.05, 4.69) is 5.32 Å². The summed E-state index contributed by atoms with van der Waals surface area (Å²) in [4.78, 5) is 0. The molecule has 0 radical (unpaired) electrons. The van der Waals surface area contributed by atoms with Crippen LogP contribution in [0.2, 0.25) is 0 Å². The van der Waals surface area contributed by atoms with E-state index in [0.717, 1.165) is 22.8 Å². The number of nitrogens with one attached hydrogen (secondary N) is 1. The molecule has 4 heteroatoms. The Balaban J connectivity index is 2.21. The Kier molecular flexibility index (Phi) is 4.02. The third kappa shape index (κ3) is 2.95. The zero-order valence-electron chi connectivity index (χ0n) is 11.7. The Labute approximate surface area is 116 Å². The van der Waals surface area contributed by atoms with Crippen molar-refractivity contribution in [3.8, 4) is 0 Å². The van der Waals surface area contributed by atoms with E-state index >= 15 is 0 Å². The highest BCUT2D eigenvalue weighted by Crippen LogP contribution is 2.21. The van der Waals surface area contributed by atoms with Crippen LogP contribution in [0, 0.1) is 38.2 Å². The first-order valence-electron chi connectivity index (χ1n) is 6.33. The number of hydrogen-bond donors (Lipinski definition) is 1. The molecular weight excluding hydrogens is 263 g/mol. The summed E-state index contributed by atoms with van der Waals surface area (Å²) in [6.07, 6.45) is 0. The Bertz CT molecular complexity index is 593. The summed E-state index contributed by atoms with van der Waals surface area (Å²) < 4.78 is 39.4. The van der Waals surface area contributed by atoms with Gasteiger partial charge in [-0.05, 0) is 43.0 Å². The maximum atomic E-state index is 13.5. The van der Waals surface area contributed by atoms with Gasteiger partial charge in [0.15, 0.2) is 11.6 Å². The molecule has 0 unspecified atom stereocenters. The second-order valence-electron chi connectivity index (χ2n) is 4.96. The fraction of sp³-hybridized carbons (Fsp3) is 0.250. The largest absolute Gasteiger partial charge is 0.379 e. The predicted molar refractivity (Wildman–Crippen MR) is 74.3 cm³/mol. The summed E-state index contributed by atoms with van der Waals surface area (Å²) in [6.45, 7) is 6.34. The van der Waals surface area contributed by atoms with Crippen molar-refractivity contribution < 1.29 is 13.2 Å². The van der Waals surface area contributed by atoms with E-state index in [1.54, 1.807) is 0 Å². The minimum atomic E-state index is -1.18. The monoisotopic (exact) mass is 279 g/mol. The molecule has 0 aliphatic carbocycles. The summed E-state index contributed by atoms with van der Waals surface area (Å²) in [6, 6.07) is 5.44. The molecule has 20 heavy (non-hydrogen) atoms. The van der Waals surface area contributed by atoms with E-state index in [-0.39, 0.29) is 5.69 Å². The van der Waals surface area contributed by atoms with Crippen molar-refractivity contribution >= 4 is 5.69 Å². The Hall–Kier alpha value is -1.97. The van der Waals surface area contributed by atoms with Gasteiger partial charge in [0.05, 0.1) is 5.69 Å². The number of anilines is 1. The van der Waals surface area contributed by atoms with Crippen LogP contribution in [0.3, 0.4) is 0 Å². The highest BCUT2D eigenvalue weighted by atomic mass is 19.2. The van der Waals surface area contributed by atoms with E-state index in [4.69, 9.17) is 0 Å². The van der Waals surface area contributed by atoms with Crippen molar-refractivity contribution in [3.05, 3.63) is 64.0 Å². The molecule has 0 aliphatic heterocycles. The molecule has 0 saturated carbocycles. The van der Waals surface area contributed by atoms with Crippen LogP contribution in [0.4, 0.5) is 18.9 Å². The zero-order chi connectivity index (χ0) is 14.9. The normalized spacial score (nSPS) is 10.7. The average Bonchev–Trinajstić information content (AvgIpc) is 2.37. The van der Waals surface area contributed by atoms with Crippen molar-refractivity contribution in [3.63, 3.8) is 0 Å². The second-order valence-corrected chi connectivity index (χ2v) is 4.96. The van der Waals surface area contributed by atoms with Gasteiger partial charge < -0.3 is 5.32 Å². The molecule has 1 nitrogen and oxygen atoms in total. The summed E-state index contributed by atoms with van der Waals surface area (Å²) in [7, 11) is 0. The molecule has 0 saturated heterocycles. The lowest BCUT2D eigenvalue weighted by molar-refractivity contribution is 0.496. The lowest BCUT2D eigenvalue weighted by atomic mass is 10.0. The van der Waals surface area contributed by atoms with Crippen LogP contribution in [-0.4, -0.2) is 0 Å². The van der Waals surface area contributed by atoms with Gasteiger partial charge in [0.2, 0.25) is 0 Å². The second kappa shape index (κ2) is 5.57. The fourth-order valence-corrected chi connectivity index (χ4v) is 2.06. The number of benzene rings is 2. The average molecular weight is 279 g/mol. The van der Waals surface area contributed by atoms with Gasteiger partial charge in [-0.25, -0.2) is 13.2 Å². The molecule has 0 aliphatic rings. The Morgan fingerprint density at radius 2 is 1.35 bits per heavy atom. The summed E-state index contributed by atoms with van der Waals surface area (Å²) >= 11 is 0. The third-order valence-electron chi connectivity index (χ3n) is 3.43. The molecular formula is C16H16F3N. The van der Waals surface area contributed by atoms with E-state index in [9.17, 15) is 13.2 Å². The standard InChI is InChI=1S/C16H16F3N/c1-9-4-11(3)12(5-10(9)2)8-20-16-7-14(18)13(17)6-15(16)19/h4-7,20H,8H2,1-3H3. The molecule has 0 heterocycles. The van der Waals surface area contributed by atoms with Gasteiger partial charge in [0.1, 0.15) is 5.82 Å². The smallest absolute Gasteiger partial charge is 0.161 e. The van der Waals surface area contributed by atoms with Crippen LogP contribution < -0.4 is 5.32 Å². The topological polar surface area (TPSA) is 12.0 Å². The summed E-state index contributed by atoms with van der Waals surface area (Å²) in [5.74, 6) is -3.05. The van der Waals surface area contributed by atoms with Crippen LogP contribution in [0.1, 0.15) is 22.3 Å². The third-order valence-corrected chi connectivity index (χ3v) is 3.43. The van der Waals surface area contributed by atoms with Crippen LogP contribution in [-0.2, 0) is 6.54 Å². The molecule has 0 bridgehead atoms. The maximum absolute atomic E-state index is 13.5. The molecule has 1 N–H and O–H groups in total.